The van der Waals surface area contributed by atoms with Gasteiger partial charge in [0.25, 0.3) is 0 Å². The molecule has 1 aromatic heterocycles. The van der Waals surface area contributed by atoms with Crippen LogP contribution in [0.1, 0.15) is 49.7 Å². The van der Waals surface area contributed by atoms with Gasteiger partial charge in [-0.25, -0.2) is 4.98 Å². The molecule has 1 saturated carbocycles. The number of hydrogen-bond donors (Lipinski definition) is 0. The minimum atomic E-state index is 0.341. The van der Waals surface area contributed by atoms with Crippen molar-refractivity contribution in [1.29, 1.82) is 0 Å². The van der Waals surface area contributed by atoms with E-state index in [9.17, 15) is 4.79 Å². The van der Waals surface area contributed by atoms with E-state index in [4.69, 9.17) is 0 Å². The summed E-state index contributed by atoms with van der Waals surface area (Å²) in [4.78, 5) is 18.7. The topological polar surface area (TPSA) is 38.1 Å². The highest BCUT2D eigenvalue weighted by Crippen LogP contribution is 2.31. The maximum atomic E-state index is 12.2. The Bertz CT molecular complexity index is 448. The number of carbonyl (C=O) groups is 1. The quantitative estimate of drug-likeness (QED) is 0.820. The third-order valence-electron chi connectivity index (χ3n) is 4.76. The van der Waals surface area contributed by atoms with Gasteiger partial charge in [-0.2, -0.15) is 0 Å². The van der Waals surface area contributed by atoms with E-state index in [1.807, 2.05) is 6.20 Å². The summed E-state index contributed by atoms with van der Waals surface area (Å²) in [5.74, 6) is 1.85. The van der Waals surface area contributed by atoms with Crippen LogP contribution in [0.25, 0.3) is 0 Å². The second-order valence-electron chi connectivity index (χ2n) is 6.00. The average molecular weight is 261 g/mol. The Morgan fingerprint density at radius 2 is 1.89 bits per heavy atom. The van der Waals surface area contributed by atoms with Crippen LogP contribution in [0.3, 0.4) is 0 Å². The molecule has 1 amide bonds. The highest BCUT2D eigenvalue weighted by Gasteiger charge is 2.32. The molecular formula is C15H23N3O. The first-order valence-electron chi connectivity index (χ1n) is 7.46. The Morgan fingerprint density at radius 3 is 2.37 bits per heavy atom. The summed E-state index contributed by atoms with van der Waals surface area (Å²) in [6, 6.07) is 0.521. The molecule has 2 aliphatic rings. The van der Waals surface area contributed by atoms with E-state index in [2.05, 4.69) is 28.3 Å². The minimum absolute atomic E-state index is 0.341. The molecule has 0 atom stereocenters. The second kappa shape index (κ2) is 4.99. The first kappa shape index (κ1) is 12.7. The SMILES string of the molecule is Cc1cnc(C)n1C1CCN(C(=O)C2CCC2)CC1. The first-order valence-corrected chi connectivity index (χ1v) is 7.46. The van der Waals surface area contributed by atoms with Gasteiger partial charge in [-0.3, -0.25) is 4.79 Å². The molecule has 2 heterocycles. The van der Waals surface area contributed by atoms with Crippen LogP contribution >= 0.6 is 0 Å². The lowest BCUT2D eigenvalue weighted by Gasteiger charge is -2.37. The van der Waals surface area contributed by atoms with Crippen molar-refractivity contribution in [3.05, 3.63) is 17.7 Å². The molecule has 104 valence electrons. The zero-order valence-corrected chi connectivity index (χ0v) is 11.9. The van der Waals surface area contributed by atoms with E-state index < -0.39 is 0 Å². The summed E-state index contributed by atoms with van der Waals surface area (Å²) in [6.45, 7) is 6.01. The van der Waals surface area contributed by atoms with E-state index in [-0.39, 0.29) is 0 Å². The molecule has 1 aliphatic heterocycles. The fourth-order valence-corrected chi connectivity index (χ4v) is 3.38. The summed E-state index contributed by atoms with van der Waals surface area (Å²) < 4.78 is 2.34. The molecule has 0 N–H and O–H groups in total. The van der Waals surface area contributed by atoms with Gasteiger partial charge in [-0.05, 0) is 39.5 Å². The molecular weight excluding hydrogens is 238 g/mol. The number of rotatable bonds is 2. The minimum Gasteiger partial charge on any atom is -0.342 e. The van der Waals surface area contributed by atoms with Gasteiger partial charge in [-0.15, -0.1) is 0 Å². The summed E-state index contributed by atoms with van der Waals surface area (Å²) >= 11 is 0. The molecule has 0 aromatic carbocycles. The van der Waals surface area contributed by atoms with Crippen LogP contribution in [0.2, 0.25) is 0 Å². The predicted octanol–water partition coefficient (Wildman–Crippen LogP) is 2.46. The lowest BCUT2D eigenvalue weighted by molar-refractivity contribution is -0.139. The lowest BCUT2D eigenvalue weighted by atomic mass is 9.84. The van der Waals surface area contributed by atoms with Crippen molar-refractivity contribution in [2.24, 2.45) is 5.92 Å². The Hall–Kier alpha value is -1.32. The molecule has 1 aliphatic carbocycles. The smallest absolute Gasteiger partial charge is 0.225 e. The van der Waals surface area contributed by atoms with Crippen molar-refractivity contribution >= 4 is 5.91 Å². The molecule has 0 spiro atoms. The number of amides is 1. The lowest BCUT2D eigenvalue weighted by Crippen LogP contribution is -2.44. The summed E-state index contributed by atoms with van der Waals surface area (Å²) in [6.07, 6.45) is 7.53. The van der Waals surface area contributed by atoms with Gasteiger partial charge >= 0.3 is 0 Å². The second-order valence-corrected chi connectivity index (χ2v) is 6.00. The van der Waals surface area contributed by atoms with Crippen molar-refractivity contribution in [2.75, 3.05) is 13.1 Å². The molecule has 0 bridgehead atoms. The van der Waals surface area contributed by atoms with Crippen LogP contribution in [0.4, 0.5) is 0 Å². The molecule has 4 heteroatoms. The molecule has 19 heavy (non-hydrogen) atoms. The average Bonchev–Trinajstić information content (AvgIpc) is 2.67. The number of imidazole rings is 1. The Labute approximate surface area is 114 Å². The van der Waals surface area contributed by atoms with E-state index in [1.54, 1.807) is 0 Å². The van der Waals surface area contributed by atoms with Crippen molar-refractivity contribution in [1.82, 2.24) is 14.5 Å². The zero-order valence-electron chi connectivity index (χ0n) is 11.9. The fourth-order valence-electron chi connectivity index (χ4n) is 3.38. The van der Waals surface area contributed by atoms with Gasteiger partial charge in [0.05, 0.1) is 0 Å². The highest BCUT2D eigenvalue weighted by molar-refractivity contribution is 5.79. The molecule has 0 unspecified atom stereocenters. The third-order valence-corrected chi connectivity index (χ3v) is 4.76. The van der Waals surface area contributed by atoms with Crippen LogP contribution in [0.5, 0.6) is 0 Å². The third kappa shape index (κ3) is 2.28. The van der Waals surface area contributed by atoms with Gasteiger partial charge in [0, 0.05) is 36.9 Å². The Balaban J connectivity index is 1.61. The van der Waals surface area contributed by atoms with Crippen LogP contribution in [0, 0.1) is 19.8 Å². The zero-order chi connectivity index (χ0) is 13.4. The van der Waals surface area contributed by atoms with Gasteiger partial charge < -0.3 is 9.47 Å². The normalized spacial score (nSPS) is 21.5. The number of hydrogen-bond acceptors (Lipinski definition) is 2. The van der Waals surface area contributed by atoms with Crippen molar-refractivity contribution in [3.8, 4) is 0 Å². The number of nitrogens with zero attached hydrogens (tertiary/aromatic N) is 3. The molecule has 3 rings (SSSR count). The highest BCUT2D eigenvalue weighted by atomic mass is 16.2. The van der Waals surface area contributed by atoms with Gasteiger partial charge in [0.15, 0.2) is 0 Å². The number of likely N-dealkylation sites (tertiary alicyclic amines) is 1. The van der Waals surface area contributed by atoms with Crippen molar-refractivity contribution in [3.63, 3.8) is 0 Å². The Kier molecular flexibility index (Phi) is 3.33. The molecule has 1 saturated heterocycles. The predicted molar refractivity (Wildman–Crippen MR) is 73.9 cm³/mol. The standard InChI is InChI=1S/C15H23N3O/c1-11-10-16-12(2)18(11)14-6-8-17(9-7-14)15(19)13-4-3-5-13/h10,13-14H,3-9H2,1-2H3. The summed E-state index contributed by atoms with van der Waals surface area (Å²) in [7, 11) is 0. The maximum Gasteiger partial charge on any atom is 0.225 e. The van der Waals surface area contributed by atoms with E-state index in [0.29, 0.717) is 17.9 Å². The number of piperidine rings is 1. The van der Waals surface area contributed by atoms with Gasteiger partial charge in [-0.1, -0.05) is 6.42 Å². The fraction of sp³-hybridized carbons (Fsp3) is 0.733. The van der Waals surface area contributed by atoms with E-state index in [1.165, 1.54) is 12.1 Å². The number of aromatic nitrogens is 2. The first-order chi connectivity index (χ1) is 9.16. The Morgan fingerprint density at radius 1 is 1.21 bits per heavy atom. The maximum absolute atomic E-state index is 12.2. The van der Waals surface area contributed by atoms with E-state index in [0.717, 1.165) is 44.6 Å². The summed E-state index contributed by atoms with van der Waals surface area (Å²) in [5, 5.41) is 0. The van der Waals surface area contributed by atoms with Crippen LogP contribution < -0.4 is 0 Å². The summed E-state index contributed by atoms with van der Waals surface area (Å²) in [5.41, 5.74) is 1.24. The van der Waals surface area contributed by atoms with E-state index >= 15 is 0 Å². The van der Waals surface area contributed by atoms with Gasteiger partial charge in [0.1, 0.15) is 5.82 Å². The number of aryl methyl sites for hydroxylation is 2. The molecule has 4 nitrogen and oxygen atoms in total. The molecule has 0 radical (unpaired) electrons. The monoisotopic (exact) mass is 261 g/mol. The van der Waals surface area contributed by atoms with Crippen LogP contribution in [-0.2, 0) is 4.79 Å². The molecule has 1 aromatic rings. The van der Waals surface area contributed by atoms with Crippen LogP contribution in [0.15, 0.2) is 6.20 Å². The van der Waals surface area contributed by atoms with Crippen molar-refractivity contribution < 1.29 is 4.79 Å². The van der Waals surface area contributed by atoms with Gasteiger partial charge in [0.2, 0.25) is 5.91 Å². The largest absolute Gasteiger partial charge is 0.342 e. The van der Waals surface area contributed by atoms with Crippen molar-refractivity contribution in [2.45, 2.75) is 52.0 Å². The van der Waals surface area contributed by atoms with Crippen LogP contribution in [-0.4, -0.2) is 33.4 Å². The molecule has 2 fully saturated rings. The number of carbonyl (C=O) groups excluding carboxylic acids is 1.